The molecule has 0 aliphatic heterocycles. The molecule has 1 unspecified atom stereocenters. The summed E-state index contributed by atoms with van der Waals surface area (Å²) in [4.78, 5) is 0. The predicted octanol–water partition coefficient (Wildman–Crippen LogP) is 6.62. The van der Waals surface area contributed by atoms with E-state index < -0.39 is 6.17 Å². The van der Waals surface area contributed by atoms with Crippen LogP contribution in [-0.4, -0.2) is 6.17 Å². The van der Waals surface area contributed by atoms with Gasteiger partial charge in [0.15, 0.2) is 0 Å². The molecule has 23 heavy (non-hydrogen) atoms. The van der Waals surface area contributed by atoms with Crippen LogP contribution in [0, 0.1) is 0 Å². The first-order chi connectivity index (χ1) is 11.2. The number of alkyl halides is 1. The Morgan fingerprint density at radius 1 is 1.00 bits per heavy atom. The molecule has 0 spiro atoms. The maximum absolute atomic E-state index is 12.7. The van der Waals surface area contributed by atoms with Crippen molar-refractivity contribution in [2.75, 3.05) is 0 Å². The molecular formula is C22H25F. The quantitative estimate of drug-likeness (QED) is 0.379. The minimum Gasteiger partial charge on any atom is -0.248 e. The number of rotatable bonds is 8. The smallest absolute Gasteiger partial charge is 0.0973 e. The number of halogens is 1. The number of hydrogen-bond acceptors (Lipinski definition) is 0. The van der Waals surface area contributed by atoms with Crippen LogP contribution in [0.1, 0.15) is 37.3 Å². The van der Waals surface area contributed by atoms with Gasteiger partial charge in [0.1, 0.15) is 0 Å². The molecule has 0 saturated heterocycles. The molecule has 0 saturated carbocycles. The standard InChI is InChI=1S/C22H25F/c1-3-7-19-10-14-21(15-11-19)22-16-12-20(13-17-22)9-6-4-5-8-18(2)23/h3,6,9-18H,1,4-5,7-8H2,2H3. The van der Waals surface area contributed by atoms with Crippen LogP contribution in [0.3, 0.4) is 0 Å². The summed E-state index contributed by atoms with van der Waals surface area (Å²) in [7, 11) is 0. The second-order valence-electron chi connectivity index (χ2n) is 5.93. The van der Waals surface area contributed by atoms with Crippen molar-refractivity contribution in [3.05, 3.63) is 78.4 Å². The Bertz CT molecular complexity index is 618. The summed E-state index contributed by atoms with van der Waals surface area (Å²) >= 11 is 0. The molecule has 0 aromatic heterocycles. The highest BCUT2D eigenvalue weighted by Gasteiger charge is 1.98. The molecule has 120 valence electrons. The van der Waals surface area contributed by atoms with Gasteiger partial charge in [0.05, 0.1) is 6.17 Å². The third-order valence-electron chi connectivity index (χ3n) is 3.86. The van der Waals surface area contributed by atoms with E-state index in [1.165, 1.54) is 22.3 Å². The lowest BCUT2D eigenvalue weighted by molar-refractivity contribution is 0.335. The zero-order valence-corrected chi connectivity index (χ0v) is 13.8. The molecule has 1 atom stereocenters. The predicted molar refractivity (Wildman–Crippen MR) is 99.2 cm³/mol. The van der Waals surface area contributed by atoms with Crippen LogP contribution in [-0.2, 0) is 6.42 Å². The molecule has 2 aromatic carbocycles. The monoisotopic (exact) mass is 308 g/mol. The van der Waals surface area contributed by atoms with E-state index in [-0.39, 0.29) is 0 Å². The molecule has 0 radical (unpaired) electrons. The van der Waals surface area contributed by atoms with E-state index in [2.05, 4.69) is 67.3 Å². The Hall–Kier alpha value is -2.15. The molecule has 0 amide bonds. The topological polar surface area (TPSA) is 0 Å². The van der Waals surface area contributed by atoms with E-state index in [1.807, 2.05) is 6.08 Å². The third-order valence-corrected chi connectivity index (χ3v) is 3.86. The Morgan fingerprint density at radius 3 is 2.17 bits per heavy atom. The van der Waals surface area contributed by atoms with Crippen molar-refractivity contribution in [2.24, 2.45) is 0 Å². The summed E-state index contributed by atoms with van der Waals surface area (Å²) in [5, 5.41) is 0. The van der Waals surface area contributed by atoms with Gasteiger partial charge < -0.3 is 0 Å². The highest BCUT2D eigenvalue weighted by molar-refractivity contribution is 5.66. The van der Waals surface area contributed by atoms with E-state index in [9.17, 15) is 4.39 Å². The van der Waals surface area contributed by atoms with Crippen molar-refractivity contribution in [3.8, 4) is 11.1 Å². The highest BCUT2D eigenvalue weighted by Crippen LogP contribution is 2.21. The summed E-state index contributed by atoms with van der Waals surface area (Å²) in [6.45, 7) is 5.38. The normalized spacial score (nSPS) is 12.4. The average molecular weight is 308 g/mol. The largest absolute Gasteiger partial charge is 0.248 e. The van der Waals surface area contributed by atoms with Crippen molar-refractivity contribution in [1.82, 2.24) is 0 Å². The van der Waals surface area contributed by atoms with Crippen LogP contribution in [0.25, 0.3) is 17.2 Å². The van der Waals surface area contributed by atoms with Crippen LogP contribution in [0.2, 0.25) is 0 Å². The van der Waals surface area contributed by atoms with Crippen LogP contribution in [0.5, 0.6) is 0 Å². The Kier molecular flexibility index (Phi) is 6.80. The average Bonchev–Trinajstić information content (AvgIpc) is 2.56. The van der Waals surface area contributed by atoms with Gasteiger partial charge in [-0.15, -0.1) is 6.58 Å². The SMILES string of the molecule is C=CCc1ccc(-c2ccc(C=CCCCC(C)F)cc2)cc1. The first-order valence-electron chi connectivity index (χ1n) is 8.30. The Labute approximate surface area is 139 Å². The highest BCUT2D eigenvalue weighted by atomic mass is 19.1. The Balaban J connectivity index is 1.93. The first-order valence-corrected chi connectivity index (χ1v) is 8.30. The number of benzene rings is 2. The van der Waals surface area contributed by atoms with Crippen molar-refractivity contribution in [2.45, 2.75) is 38.8 Å². The summed E-state index contributed by atoms with van der Waals surface area (Å²) in [6, 6.07) is 17.1. The van der Waals surface area contributed by atoms with Crippen molar-refractivity contribution >= 4 is 6.08 Å². The summed E-state index contributed by atoms with van der Waals surface area (Å²) in [5.74, 6) is 0. The lowest BCUT2D eigenvalue weighted by atomic mass is 10.0. The van der Waals surface area contributed by atoms with Gasteiger partial charge >= 0.3 is 0 Å². The molecule has 0 N–H and O–H groups in total. The summed E-state index contributed by atoms with van der Waals surface area (Å²) < 4.78 is 12.7. The molecule has 0 nitrogen and oxygen atoms in total. The van der Waals surface area contributed by atoms with Crippen LogP contribution in [0.15, 0.2) is 67.3 Å². The lowest BCUT2D eigenvalue weighted by Crippen LogP contribution is -1.90. The summed E-state index contributed by atoms with van der Waals surface area (Å²) in [6.07, 6.45) is 8.85. The zero-order chi connectivity index (χ0) is 16.5. The third kappa shape index (κ3) is 5.86. The van der Waals surface area contributed by atoms with Crippen molar-refractivity contribution in [3.63, 3.8) is 0 Å². The van der Waals surface area contributed by atoms with Gasteiger partial charge in [-0.25, -0.2) is 4.39 Å². The second-order valence-corrected chi connectivity index (χ2v) is 5.93. The van der Waals surface area contributed by atoms with Crippen LogP contribution in [0.4, 0.5) is 4.39 Å². The molecule has 0 fully saturated rings. The van der Waals surface area contributed by atoms with Crippen molar-refractivity contribution < 1.29 is 4.39 Å². The minimum absolute atomic E-state index is 0.644. The van der Waals surface area contributed by atoms with Gasteiger partial charge in [-0.2, -0.15) is 0 Å². The van der Waals surface area contributed by atoms with E-state index in [0.717, 1.165) is 19.3 Å². The Morgan fingerprint density at radius 2 is 1.61 bits per heavy atom. The number of unbranched alkanes of at least 4 members (excludes halogenated alkanes) is 1. The minimum atomic E-state index is -0.694. The molecular weight excluding hydrogens is 283 g/mol. The van der Waals surface area contributed by atoms with Crippen LogP contribution >= 0.6 is 0 Å². The van der Waals surface area contributed by atoms with Crippen molar-refractivity contribution in [1.29, 1.82) is 0 Å². The first kappa shape index (κ1) is 17.2. The molecule has 0 bridgehead atoms. The van der Waals surface area contributed by atoms with Gasteiger partial charge in [0.2, 0.25) is 0 Å². The second kappa shape index (κ2) is 9.09. The van der Waals surface area contributed by atoms with Gasteiger partial charge in [-0.05, 0) is 54.9 Å². The van der Waals surface area contributed by atoms with Gasteiger partial charge in [0, 0.05) is 0 Å². The fourth-order valence-electron chi connectivity index (χ4n) is 2.52. The number of allylic oxidation sites excluding steroid dienone is 2. The van der Waals surface area contributed by atoms with Gasteiger partial charge in [-0.3, -0.25) is 0 Å². The maximum atomic E-state index is 12.7. The van der Waals surface area contributed by atoms with E-state index in [0.29, 0.717) is 6.42 Å². The molecule has 2 aromatic rings. The summed E-state index contributed by atoms with van der Waals surface area (Å²) in [5.41, 5.74) is 4.92. The van der Waals surface area contributed by atoms with E-state index in [1.54, 1.807) is 6.92 Å². The molecule has 0 aliphatic carbocycles. The molecule has 0 aliphatic rings. The lowest BCUT2D eigenvalue weighted by Gasteiger charge is -2.04. The fraction of sp³-hybridized carbons (Fsp3) is 0.273. The molecule has 1 heteroatoms. The molecule has 2 rings (SSSR count). The van der Waals surface area contributed by atoms with E-state index in [4.69, 9.17) is 0 Å². The van der Waals surface area contributed by atoms with E-state index >= 15 is 0 Å². The van der Waals surface area contributed by atoms with Gasteiger partial charge in [-0.1, -0.05) is 66.8 Å². The molecule has 0 heterocycles. The maximum Gasteiger partial charge on any atom is 0.0973 e. The van der Waals surface area contributed by atoms with Crippen LogP contribution < -0.4 is 0 Å². The zero-order valence-electron chi connectivity index (χ0n) is 13.8. The number of hydrogen-bond donors (Lipinski definition) is 0. The fourth-order valence-corrected chi connectivity index (χ4v) is 2.52. The van der Waals surface area contributed by atoms with Gasteiger partial charge in [0.25, 0.3) is 0 Å².